The van der Waals surface area contributed by atoms with Crippen LogP contribution in [-0.2, 0) is 16.2 Å². The van der Waals surface area contributed by atoms with Crippen molar-refractivity contribution in [1.29, 1.82) is 0 Å². The fraction of sp³-hybridized carbons (Fsp3) is 0.346. The molecule has 0 spiro atoms. The second kappa shape index (κ2) is 6.91. The number of carbonyl (C=O) groups excluding carboxylic acids is 2. The van der Waals surface area contributed by atoms with Crippen LogP contribution in [-0.4, -0.2) is 23.0 Å². The number of hydrogen-bond donors (Lipinski definition) is 0. The van der Waals surface area contributed by atoms with E-state index in [1.807, 2.05) is 24.3 Å². The van der Waals surface area contributed by atoms with Crippen LogP contribution < -0.4 is 4.74 Å². The molecule has 2 saturated carbocycles. The number of rotatable bonds is 5. The third kappa shape index (κ3) is 3.02. The topological polar surface area (TPSA) is 59.0 Å². The molecular weight excluding hydrogens is 388 g/mol. The maximum absolute atomic E-state index is 13.0. The van der Waals surface area contributed by atoms with Gasteiger partial charge in [0, 0.05) is 0 Å². The summed E-state index contributed by atoms with van der Waals surface area (Å²) in [7, 11) is 0. The summed E-state index contributed by atoms with van der Waals surface area (Å²) < 4.78 is 5.90. The normalized spacial score (nSPS) is 32.5. The molecule has 0 radical (unpaired) electrons. The van der Waals surface area contributed by atoms with Crippen molar-refractivity contribution in [1.82, 2.24) is 5.01 Å². The van der Waals surface area contributed by atoms with Crippen LogP contribution in [0.2, 0.25) is 0 Å². The summed E-state index contributed by atoms with van der Waals surface area (Å²) in [5, 5.41) is 5.43. The maximum Gasteiger partial charge on any atom is 0.254 e. The van der Waals surface area contributed by atoms with Gasteiger partial charge in [-0.1, -0.05) is 54.1 Å². The highest BCUT2D eigenvalue weighted by molar-refractivity contribution is 6.06. The number of imide groups is 1. The zero-order valence-electron chi connectivity index (χ0n) is 17.3. The first-order chi connectivity index (χ1) is 15.1. The van der Waals surface area contributed by atoms with Gasteiger partial charge in [0.15, 0.2) is 0 Å². The van der Waals surface area contributed by atoms with Crippen molar-refractivity contribution >= 4 is 18.0 Å². The number of carbonyl (C=O) groups is 2. The highest BCUT2D eigenvalue weighted by Crippen LogP contribution is 2.65. The van der Waals surface area contributed by atoms with Crippen LogP contribution in [0.1, 0.15) is 23.1 Å². The lowest BCUT2D eigenvalue weighted by Crippen LogP contribution is -2.40. The van der Waals surface area contributed by atoms with Crippen molar-refractivity contribution in [3.63, 3.8) is 0 Å². The largest absolute Gasteiger partial charge is 0.489 e. The summed E-state index contributed by atoms with van der Waals surface area (Å²) in [6, 6.07) is 15.8. The van der Waals surface area contributed by atoms with E-state index in [0.29, 0.717) is 18.4 Å². The third-order valence-electron chi connectivity index (χ3n) is 7.35. The summed E-state index contributed by atoms with van der Waals surface area (Å²) in [5.74, 6) is 1.65. The lowest BCUT2D eigenvalue weighted by Gasteiger charge is -2.37. The molecule has 1 saturated heterocycles. The van der Waals surface area contributed by atoms with Gasteiger partial charge in [-0.2, -0.15) is 10.1 Å². The van der Waals surface area contributed by atoms with Gasteiger partial charge in [-0.3, -0.25) is 9.59 Å². The molecule has 0 N–H and O–H groups in total. The zero-order chi connectivity index (χ0) is 21.1. The number of aryl methyl sites for hydroxylation is 1. The summed E-state index contributed by atoms with van der Waals surface area (Å²) in [4.78, 5) is 26.0. The number of allylic oxidation sites excluding steroid dienone is 2. The van der Waals surface area contributed by atoms with Crippen LogP contribution in [0.3, 0.4) is 0 Å². The van der Waals surface area contributed by atoms with E-state index < -0.39 is 0 Å². The van der Waals surface area contributed by atoms with E-state index in [1.165, 1.54) is 5.56 Å². The van der Waals surface area contributed by atoms with Gasteiger partial charge in [-0.05, 0) is 60.3 Å². The summed E-state index contributed by atoms with van der Waals surface area (Å²) >= 11 is 0. The molecule has 5 heteroatoms. The molecule has 5 nitrogen and oxygen atoms in total. The lowest BCUT2D eigenvalue weighted by molar-refractivity contribution is -0.140. The molecule has 2 amide bonds. The second-order valence-corrected chi connectivity index (χ2v) is 9.23. The van der Waals surface area contributed by atoms with Gasteiger partial charge in [-0.25, -0.2) is 0 Å². The van der Waals surface area contributed by atoms with Crippen LogP contribution in [0.5, 0.6) is 5.75 Å². The molecule has 4 aliphatic carbocycles. The maximum atomic E-state index is 13.0. The number of ether oxygens (including phenoxy) is 1. The van der Waals surface area contributed by atoms with Crippen molar-refractivity contribution in [2.24, 2.45) is 40.6 Å². The smallest absolute Gasteiger partial charge is 0.254 e. The minimum Gasteiger partial charge on any atom is -0.489 e. The number of nitrogens with zero attached hydrogens (tertiary/aromatic N) is 2. The van der Waals surface area contributed by atoms with Gasteiger partial charge in [0.05, 0.1) is 18.1 Å². The Balaban J connectivity index is 1.16. The van der Waals surface area contributed by atoms with Crippen molar-refractivity contribution in [3.8, 4) is 5.75 Å². The van der Waals surface area contributed by atoms with Gasteiger partial charge in [0.1, 0.15) is 12.4 Å². The van der Waals surface area contributed by atoms with Gasteiger partial charge in [0.25, 0.3) is 11.8 Å². The van der Waals surface area contributed by atoms with Gasteiger partial charge >= 0.3 is 0 Å². The van der Waals surface area contributed by atoms with Crippen LogP contribution in [0.4, 0.5) is 0 Å². The van der Waals surface area contributed by atoms with Crippen LogP contribution >= 0.6 is 0 Å². The Labute approximate surface area is 181 Å². The van der Waals surface area contributed by atoms with Gasteiger partial charge < -0.3 is 4.74 Å². The zero-order valence-corrected chi connectivity index (χ0v) is 17.3. The first-order valence-corrected chi connectivity index (χ1v) is 11.0. The highest BCUT2D eigenvalue weighted by atomic mass is 16.5. The predicted octanol–water partition coefficient (Wildman–Crippen LogP) is 3.96. The molecule has 2 aromatic rings. The molecule has 1 heterocycles. The van der Waals surface area contributed by atoms with Crippen molar-refractivity contribution in [2.75, 3.05) is 0 Å². The summed E-state index contributed by atoms with van der Waals surface area (Å²) in [6.45, 7) is 2.54. The first kappa shape index (κ1) is 18.6. The molecule has 2 aromatic carbocycles. The molecule has 7 rings (SSSR count). The van der Waals surface area contributed by atoms with E-state index in [1.54, 1.807) is 6.21 Å². The molecule has 0 aromatic heterocycles. The molecule has 31 heavy (non-hydrogen) atoms. The average Bonchev–Trinajstić information content (AvgIpc) is 3.57. The third-order valence-corrected chi connectivity index (χ3v) is 7.35. The number of amides is 2. The quantitative estimate of drug-likeness (QED) is 0.424. The van der Waals surface area contributed by atoms with Gasteiger partial charge in [-0.15, -0.1) is 0 Å². The predicted molar refractivity (Wildman–Crippen MR) is 116 cm³/mol. The van der Waals surface area contributed by atoms with Crippen LogP contribution in [0.15, 0.2) is 65.8 Å². The Kier molecular flexibility index (Phi) is 4.13. The Morgan fingerprint density at radius 2 is 1.68 bits per heavy atom. The molecule has 156 valence electrons. The van der Waals surface area contributed by atoms with E-state index >= 15 is 0 Å². The van der Waals surface area contributed by atoms with E-state index in [9.17, 15) is 9.59 Å². The molecule has 3 fully saturated rings. The minimum atomic E-state index is -0.215. The molecule has 6 atom stereocenters. The monoisotopic (exact) mass is 412 g/mol. The number of benzene rings is 2. The highest BCUT2D eigenvalue weighted by Gasteiger charge is 2.67. The molecule has 0 unspecified atom stereocenters. The van der Waals surface area contributed by atoms with E-state index in [-0.39, 0.29) is 35.5 Å². The van der Waals surface area contributed by atoms with Gasteiger partial charge in [0.2, 0.25) is 0 Å². The standard InChI is InChI=1S/C26H24N2O3/c1-15-5-7-16(8-6-15)14-31-18-4-2-3-17(11-18)13-27-28-25(29)23-19-9-10-20(22-12-21(19)22)24(23)26(28)30/h2-11,13,19-24H,12,14H2,1H3/b27-13-/t19-,20-,21-,22+,23-,24+/m0/s1. The van der Waals surface area contributed by atoms with E-state index in [4.69, 9.17) is 4.74 Å². The SMILES string of the molecule is Cc1ccc(COc2cccc(/C=N\N3C(=O)[C@@H]4[C@H]5C=C[C@@H]([C@@H]6C[C@H]56)[C@@H]4C3=O)c2)cc1. The molecule has 5 aliphatic rings. The molecule has 1 aliphatic heterocycles. The van der Waals surface area contributed by atoms with Crippen molar-refractivity contribution in [3.05, 3.63) is 77.4 Å². The Bertz CT molecular complexity index is 1080. The Hall–Kier alpha value is -3.21. The van der Waals surface area contributed by atoms with Crippen molar-refractivity contribution in [2.45, 2.75) is 20.0 Å². The van der Waals surface area contributed by atoms with Crippen molar-refractivity contribution < 1.29 is 14.3 Å². The average molecular weight is 412 g/mol. The van der Waals surface area contributed by atoms with E-state index in [2.05, 4.69) is 48.4 Å². The number of hydrogen-bond acceptors (Lipinski definition) is 4. The lowest BCUT2D eigenvalue weighted by atomic mass is 9.63. The molecule has 2 bridgehead atoms. The molecular formula is C26H24N2O3. The summed E-state index contributed by atoms with van der Waals surface area (Å²) in [5.41, 5.74) is 3.11. The first-order valence-electron chi connectivity index (χ1n) is 11.0. The number of hydrazone groups is 1. The fourth-order valence-corrected chi connectivity index (χ4v) is 5.72. The van der Waals surface area contributed by atoms with Crippen LogP contribution in [0, 0.1) is 42.4 Å². The van der Waals surface area contributed by atoms with E-state index in [0.717, 1.165) is 28.3 Å². The minimum absolute atomic E-state index is 0.136. The summed E-state index contributed by atoms with van der Waals surface area (Å²) in [6.07, 6.45) is 7.09. The fourth-order valence-electron chi connectivity index (χ4n) is 5.72. The Morgan fingerprint density at radius 1 is 1.00 bits per heavy atom. The van der Waals surface area contributed by atoms with Crippen LogP contribution in [0.25, 0.3) is 0 Å². The Morgan fingerprint density at radius 3 is 2.35 bits per heavy atom. The second-order valence-electron chi connectivity index (χ2n) is 9.23.